The van der Waals surface area contributed by atoms with Gasteiger partial charge in [-0.25, -0.2) is 8.78 Å². The van der Waals surface area contributed by atoms with Crippen molar-refractivity contribution in [2.75, 3.05) is 26.3 Å². The van der Waals surface area contributed by atoms with E-state index in [9.17, 15) is 18.4 Å². The van der Waals surface area contributed by atoms with Crippen molar-refractivity contribution in [3.8, 4) is 0 Å². The van der Waals surface area contributed by atoms with Gasteiger partial charge < -0.3 is 20.8 Å². The lowest BCUT2D eigenvalue weighted by Gasteiger charge is -2.35. The van der Waals surface area contributed by atoms with Crippen molar-refractivity contribution >= 4 is 11.8 Å². The van der Waals surface area contributed by atoms with Crippen molar-refractivity contribution < 1.29 is 28.6 Å². The van der Waals surface area contributed by atoms with E-state index in [1.165, 1.54) is 12.1 Å². The van der Waals surface area contributed by atoms with Gasteiger partial charge in [-0.2, -0.15) is 0 Å². The highest BCUT2D eigenvalue weighted by Gasteiger charge is 2.32. The Morgan fingerprint density at radius 2 is 2.08 bits per heavy atom. The van der Waals surface area contributed by atoms with Gasteiger partial charge in [-0.3, -0.25) is 14.5 Å². The Bertz CT molecular complexity index is 625. The van der Waals surface area contributed by atoms with Gasteiger partial charge in [0.05, 0.1) is 31.7 Å². The summed E-state index contributed by atoms with van der Waals surface area (Å²) in [5, 5.41) is 23.0. The van der Waals surface area contributed by atoms with Crippen LogP contribution in [0.15, 0.2) is 18.2 Å². The van der Waals surface area contributed by atoms with Gasteiger partial charge in [-0.05, 0) is 6.07 Å². The fraction of sp³-hybridized carbons (Fsp3) is 0.500. The molecular formula is C16H21F2N3O4. The fourth-order valence-corrected chi connectivity index (χ4v) is 2.67. The highest BCUT2D eigenvalue weighted by atomic mass is 19.2. The summed E-state index contributed by atoms with van der Waals surface area (Å²) >= 11 is 0. The predicted molar refractivity (Wildman–Crippen MR) is 84.3 cm³/mol. The zero-order valence-electron chi connectivity index (χ0n) is 13.5. The standard InChI is InChI=1S/C16H21F2N3O4/c17-12-3-1-2-10(15(12)18)7-21-5-4-19-16(25)13(21)6-14(24)20-11(8-22)9-23/h1-3,11,13,22-23H,4-9H2,(H,19,25)(H,20,24)/t13-/m1/s1. The topological polar surface area (TPSA) is 102 Å². The van der Waals surface area contributed by atoms with Crippen LogP contribution >= 0.6 is 0 Å². The van der Waals surface area contributed by atoms with Crippen LogP contribution in [0.1, 0.15) is 12.0 Å². The van der Waals surface area contributed by atoms with Gasteiger partial charge in [0.1, 0.15) is 0 Å². The minimum absolute atomic E-state index is 0.0155. The van der Waals surface area contributed by atoms with Crippen LogP contribution in [0.4, 0.5) is 8.78 Å². The van der Waals surface area contributed by atoms with E-state index >= 15 is 0 Å². The second-order valence-electron chi connectivity index (χ2n) is 5.82. The molecule has 1 aromatic rings. The molecule has 25 heavy (non-hydrogen) atoms. The van der Waals surface area contributed by atoms with Crippen LogP contribution in [-0.2, 0) is 16.1 Å². The first kappa shape index (κ1) is 19.2. The maximum atomic E-state index is 13.9. The Morgan fingerprint density at radius 1 is 1.36 bits per heavy atom. The third-order valence-electron chi connectivity index (χ3n) is 4.03. The summed E-state index contributed by atoms with van der Waals surface area (Å²) in [5.74, 6) is -2.86. The summed E-state index contributed by atoms with van der Waals surface area (Å²) in [7, 11) is 0. The van der Waals surface area contributed by atoms with E-state index in [0.29, 0.717) is 13.1 Å². The Morgan fingerprint density at radius 3 is 2.76 bits per heavy atom. The number of rotatable bonds is 7. The summed E-state index contributed by atoms with van der Waals surface area (Å²) in [6.45, 7) is -0.167. The average Bonchev–Trinajstić information content (AvgIpc) is 2.59. The van der Waals surface area contributed by atoms with Crippen molar-refractivity contribution in [2.24, 2.45) is 0 Å². The molecule has 9 heteroatoms. The number of carbonyl (C=O) groups excluding carboxylic acids is 2. The molecule has 0 radical (unpaired) electrons. The molecule has 0 bridgehead atoms. The van der Waals surface area contributed by atoms with E-state index in [-0.39, 0.29) is 24.4 Å². The maximum absolute atomic E-state index is 13.9. The molecule has 0 spiro atoms. The van der Waals surface area contributed by atoms with Crippen LogP contribution < -0.4 is 10.6 Å². The summed E-state index contributed by atoms with van der Waals surface area (Å²) in [6.07, 6.45) is -0.223. The molecule has 2 rings (SSSR count). The minimum Gasteiger partial charge on any atom is -0.394 e. The van der Waals surface area contributed by atoms with Crippen LogP contribution in [-0.4, -0.2) is 65.3 Å². The molecule has 1 heterocycles. The fourth-order valence-electron chi connectivity index (χ4n) is 2.67. The van der Waals surface area contributed by atoms with E-state index < -0.39 is 42.8 Å². The van der Waals surface area contributed by atoms with Crippen LogP contribution in [0.3, 0.4) is 0 Å². The first-order valence-electron chi connectivity index (χ1n) is 7.92. The molecule has 0 saturated carbocycles. The Balaban J connectivity index is 2.08. The van der Waals surface area contributed by atoms with Crippen molar-refractivity contribution in [1.82, 2.24) is 15.5 Å². The van der Waals surface area contributed by atoms with Gasteiger partial charge in [-0.1, -0.05) is 12.1 Å². The highest BCUT2D eigenvalue weighted by Crippen LogP contribution is 2.18. The highest BCUT2D eigenvalue weighted by molar-refractivity contribution is 5.88. The Hall–Kier alpha value is -2.10. The molecule has 1 aliphatic heterocycles. The number of hydrogen-bond donors (Lipinski definition) is 4. The van der Waals surface area contributed by atoms with Crippen LogP contribution in [0, 0.1) is 11.6 Å². The third kappa shape index (κ3) is 4.94. The van der Waals surface area contributed by atoms with Crippen molar-refractivity contribution in [3.05, 3.63) is 35.4 Å². The van der Waals surface area contributed by atoms with Gasteiger partial charge >= 0.3 is 0 Å². The molecule has 4 N–H and O–H groups in total. The van der Waals surface area contributed by atoms with Gasteiger partial charge in [0, 0.05) is 25.2 Å². The molecule has 0 aromatic heterocycles. The molecule has 1 atom stereocenters. The number of aliphatic hydroxyl groups is 2. The molecule has 0 unspecified atom stereocenters. The lowest BCUT2D eigenvalue weighted by atomic mass is 10.1. The third-order valence-corrected chi connectivity index (χ3v) is 4.03. The number of carbonyl (C=O) groups is 2. The molecule has 1 fully saturated rings. The van der Waals surface area contributed by atoms with E-state index in [1.807, 2.05) is 0 Å². The van der Waals surface area contributed by atoms with E-state index in [1.54, 1.807) is 4.90 Å². The number of amides is 2. The Labute approximate surface area is 143 Å². The smallest absolute Gasteiger partial charge is 0.237 e. The van der Waals surface area contributed by atoms with Gasteiger partial charge in [0.15, 0.2) is 11.6 Å². The predicted octanol–water partition coefficient (Wildman–Crippen LogP) is -0.875. The average molecular weight is 357 g/mol. The van der Waals surface area contributed by atoms with Crippen LogP contribution in [0.5, 0.6) is 0 Å². The van der Waals surface area contributed by atoms with Crippen LogP contribution in [0.25, 0.3) is 0 Å². The van der Waals surface area contributed by atoms with Crippen molar-refractivity contribution in [1.29, 1.82) is 0 Å². The lowest BCUT2D eigenvalue weighted by Crippen LogP contribution is -2.56. The van der Waals surface area contributed by atoms with E-state index in [2.05, 4.69) is 10.6 Å². The van der Waals surface area contributed by atoms with Gasteiger partial charge in [0.2, 0.25) is 11.8 Å². The number of halogens is 2. The first-order valence-corrected chi connectivity index (χ1v) is 7.92. The molecule has 7 nitrogen and oxygen atoms in total. The van der Waals surface area contributed by atoms with Gasteiger partial charge in [0.25, 0.3) is 0 Å². The number of benzene rings is 1. The SMILES string of the molecule is O=C(C[C@@H]1C(=O)NCCN1Cc1cccc(F)c1F)NC(CO)CO. The summed E-state index contributed by atoms with van der Waals surface area (Å²) in [4.78, 5) is 25.7. The van der Waals surface area contributed by atoms with E-state index in [0.717, 1.165) is 6.07 Å². The second kappa shape index (κ2) is 8.84. The quantitative estimate of drug-likeness (QED) is 0.508. The first-order chi connectivity index (χ1) is 12.0. The van der Waals surface area contributed by atoms with Gasteiger partial charge in [-0.15, -0.1) is 0 Å². The van der Waals surface area contributed by atoms with E-state index in [4.69, 9.17) is 10.2 Å². The molecule has 138 valence electrons. The van der Waals surface area contributed by atoms with Crippen LogP contribution in [0.2, 0.25) is 0 Å². The monoisotopic (exact) mass is 357 g/mol. The number of aliphatic hydroxyl groups excluding tert-OH is 2. The molecule has 2 amide bonds. The molecule has 0 aliphatic carbocycles. The number of nitrogens with zero attached hydrogens (tertiary/aromatic N) is 1. The lowest BCUT2D eigenvalue weighted by molar-refractivity contribution is -0.134. The number of nitrogens with one attached hydrogen (secondary N) is 2. The largest absolute Gasteiger partial charge is 0.394 e. The summed E-state index contributed by atoms with van der Waals surface area (Å²) in [6, 6.07) is 2.15. The Kier molecular flexibility index (Phi) is 6.80. The molecule has 1 aliphatic rings. The van der Waals surface area contributed by atoms with Crippen molar-refractivity contribution in [2.45, 2.75) is 25.0 Å². The zero-order valence-corrected chi connectivity index (χ0v) is 13.5. The maximum Gasteiger partial charge on any atom is 0.237 e. The number of hydrogen-bond acceptors (Lipinski definition) is 5. The normalized spacial score (nSPS) is 18.3. The number of piperazine rings is 1. The zero-order chi connectivity index (χ0) is 18.4. The second-order valence-corrected chi connectivity index (χ2v) is 5.82. The summed E-state index contributed by atoms with van der Waals surface area (Å²) < 4.78 is 27.2. The molecule has 1 aromatic carbocycles. The molecular weight excluding hydrogens is 336 g/mol. The minimum atomic E-state index is -0.975. The van der Waals surface area contributed by atoms with Crippen molar-refractivity contribution in [3.63, 3.8) is 0 Å². The molecule has 1 saturated heterocycles. The summed E-state index contributed by atoms with van der Waals surface area (Å²) in [5.41, 5.74) is 0.101.